The third-order valence-electron chi connectivity index (χ3n) is 8.85. The minimum Gasteiger partial charge on any atom is -0.490 e. The van der Waals surface area contributed by atoms with Gasteiger partial charge in [-0.2, -0.15) is 0 Å². The van der Waals surface area contributed by atoms with Gasteiger partial charge in [0.2, 0.25) is 5.91 Å². The molecule has 0 radical (unpaired) electrons. The first kappa shape index (κ1) is 27.5. The summed E-state index contributed by atoms with van der Waals surface area (Å²) in [6, 6.07) is 29.6. The van der Waals surface area contributed by atoms with Gasteiger partial charge < -0.3 is 9.64 Å². The highest BCUT2D eigenvalue weighted by molar-refractivity contribution is 5.84. The first-order chi connectivity index (χ1) is 20.1. The van der Waals surface area contributed by atoms with Crippen molar-refractivity contribution in [3.63, 3.8) is 0 Å². The van der Waals surface area contributed by atoms with Gasteiger partial charge in [0.1, 0.15) is 11.9 Å². The van der Waals surface area contributed by atoms with Gasteiger partial charge in [0.15, 0.2) is 0 Å². The van der Waals surface area contributed by atoms with Crippen molar-refractivity contribution in [1.29, 1.82) is 0 Å². The molecule has 4 aromatic rings. The maximum Gasteiger partial charge on any atom is 0.230 e. The SMILES string of the molecule is CN(Cc1ccc(OC2CCN(C(=O)[C@@H](c3ccccc3)C3CCCC3)CC2)cc1)Cc1ccc2ncccc2c1. The van der Waals surface area contributed by atoms with Gasteiger partial charge in [-0.3, -0.25) is 14.7 Å². The van der Waals surface area contributed by atoms with Gasteiger partial charge >= 0.3 is 0 Å². The third kappa shape index (κ3) is 6.79. The van der Waals surface area contributed by atoms with Crippen molar-refractivity contribution in [2.45, 2.75) is 63.6 Å². The van der Waals surface area contributed by atoms with Crippen LogP contribution in [0.25, 0.3) is 10.9 Å². The molecule has 3 aromatic carbocycles. The summed E-state index contributed by atoms with van der Waals surface area (Å²) in [5.41, 5.74) is 4.77. The van der Waals surface area contributed by atoms with Crippen LogP contribution in [0.2, 0.25) is 0 Å². The van der Waals surface area contributed by atoms with E-state index in [1.807, 2.05) is 18.3 Å². The zero-order valence-corrected chi connectivity index (χ0v) is 24.1. The molecule has 1 atom stereocenters. The van der Waals surface area contributed by atoms with Crippen molar-refractivity contribution >= 4 is 16.8 Å². The lowest BCUT2D eigenvalue weighted by Gasteiger charge is -2.36. The highest BCUT2D eigenvalue weighted by Crippen LogP contribution is 2.39. The molecule has 1 amide bonds. The van der Waals surface area contributed by atoms with E-state index in [0.29, 0.717) is 11.8 Å². The van der Waals surface area contributed by atoms with Crippen molar-refractivity contribution in [3.05, 3.63) is 108 Å². The van der Waals surface area contributed by atoms with Crippen LogP contribution in [0.4, 0.5) is 0 Å². The number of hydrogen-bond acceptors (Lipinski definition) is 4. The van der Waals surface area contributed by atoms with E-state index in [1.54, 1.807) is 0 Å². The Kier molecular flexibility index (Phi) is 8.62. The number of amides is 1. The molecule has 0 spiro atoms. The Morgan fingerprint density at radius 3 is 2.34 bits per heavy atom. The zero-order valence-electron chi connectivity index (χ0n) is 24.1. The molecule has 0 bridgehead atoms. The number of benzene rings is 3. The number of carbonyl (C=O) groups excluding carboxylic acids is 1. The number of nitrogens with zero attached hydrogens (tertiary/aromatic N) is 3. The molecule has 41 heavy (non-hydrogen) atoms. The van der Waals surface area contributed by atoms with E-state index in [2.05, 4.69) is 94.6 Å². The molecule has 0 N–H and O–H groups in total. The molecule has 1 aromatic heterocycles. The summed E-state index contributed by atoms with van der Waals surface area (Å²) in [4.78, 5) is 22.6. The fraction of sp³-hybridized carbons (Fsp3) is 0.389. The largest absolute Gasteiger partial charge is 0.490 e. The molecule has 2 heterocycles. The number of pyridine rings is 1. The molecule has 1 aliphatic carbocycles. The summed E-state index contributed by atoms with van der Waals surface area (Å²) < 4.78 is 6.37. The predicted octanol–water partition coefficient (Wildman–Crippen LogP) is 7.21. The lowest BCUT2D eigenvalue weighted by Crippen LogP contribution is -2.44. The average Bonchev–Trinajstić information content (AvgIpc) is 3.53. The Bertz CT molecular complexity index is 1420. The summed E-state index contributed by atoms with van der Waals surface area (Å²) >= 11 is 0. The topological polar surface area (TPSA) is 45.7 Å². The Morgan fingerprint density at radius 1 is 0.878 bits per heavy atom. The second-order valence-electron chi connectivity index (χ2n) is 11.9. The van der Waals surface area contributed by atoms with Crippen molar-refractivity contribution < 1.29 is 9.53 Å². The third-order valence-corrected chi connectivity index (χ3v) is 8.85. The maximum atomic E-state index is 13.7. The first-order valence-electron chi connectivity index (χ1n) is 15.2. The minimum atomic E-state index is 0.0000822. The van der Waals surface area contributed by atoms with Crippen LogP contribution in [-0.4, -0.2) is 46.9 Å². The molecule has 5 heteroatoms. The first-order valence-corrected chi connectivity index (χ1v) is 15.2. The zero-order chi connectivity index (χ0) is 28.0. The second-order valence-corrected chi connectivity index (χ2v) is 11.9. The molecular weight excluding hydrogens is 506 g/mol. The highest BCUT2D eigenvalue weighted by Gasteiger charge is 2.36. The van der Waals surface area contributed by atoms with E-state index < -0.39 is 0 Å². The standard InChI is InChI=1S/C36H41N3O2/c1-38(26-28-15-18-34-31(24-28)12-7-21-37-34)25-27-13-16-32(17-14-27)41-33-19-22-39(23-20-33)36(40)35(30-10-5-6-11-30)29-8-3-2-4-9-29/h2-4,7-9,12-18,21,24,30,33,35H,5-6,10-11,19-20,22-23,25-26H2,1H3/t35-/m0/s1. The molecule has 5 nitrogen and oxygen atoms in total. The summed E-state index contributed by atoms with van der Waals surface area (Å²) in [7, 11) is 2.15. The van der Waals surface area contributed by atoms with E-state index in [1.165, 1.54) is 34.9 Å². The van der Waals surface area contributed by atoms with E-state index in [0.717, 1.165) is 63.1 Å². The Balaban J connectivity index is 0.995. The number of rotatable bonds is 9. The fourth-order valence-corrected chi connectivity index (χ4v) is 6.73. The number of carbonyl (C=O) groups is 1. The van der Waals surface area contributed by atoms with Crippen molar-refractivity contribution in [2.24, 2.45) is 5.92 Å². The predicted molar refractivity (Wildman–Crippen MR) is 165 cm³/mol. The number of piperidine rings is 1. The summed E-state index contributed by atoms with van der Waals surface area (Å²) in [6.07, 6.45) is 8.56. The van der Waals surface area contributed by atoms with Gasteiger partial charge in [-0.05, 0) is 72.8 Å². The van der Waals surface area contributed by atoms with E-state index in [-0.39, 0.29) is 12.0 Å². The summed E-state index contributed by atoms with van der Waals surface area (Å²) in [5, 5.41) is 1.18. The van der Waals surface area contributed by atoms with Crippen LogP contribution in [0.1, 0.15) is 61.1 Å². The van der Waals surface area contributed by atoms with Gasteiger partial charge in [-0.1, -0.05) is 67.4 Å². The smallest absolute Gasteiger partial charge is 0.230 e. The molecule has 2 fully saturated rings. The van der Waals surface area contributed by atoms with Crippen LogP contribution >= 0.6 is 0 Å². The second kappa shape index (κ2) is 12.9. The summed E-state index contributed by atoms with van der Waals surface area (Å²) in [6.45, 7) is 3.29. The monoisotopic (exact) mass is 547 g/mol. The van der Waals surface area contributed by atoms with Crippen molar-refractivity contribution in [2.75, 3.05) is 20.1 Å². The number of likely N-dealkylation sites (tertiary alicyclic amines) is 1. The quantitative estimate of drug-likeness (QED) is 0.222. The maximum absolute atomic E-state index is 13.7. The molecule has 1 saturated carbocycles. The highest BCUT2D eigenvalue weighted by atomic mass is 16.5. The van der Waals surface area contributed by atoms with Gasteiger partial charge in [-0.15, -0.1) is 0 Å². The van der Waals surface area contributed by atoms with Crippen LogP contribution in [0, 0.1) is 5.92 Å². The molecular formula is C36H41N3O2. The minimum absolute atomic E-state index is 0.0000822. The fourth-order valence-electron chi connectivity index (χ4n) is 6.73. The van der Waals surface area contributed by atoms with Gasteiger partial charge in [0.05, 0.1) is 11.4 Å². The molecule has 0 unspecified atom stereocenters. The lowest BCUT2D eigenvalue weighted by molar-refractivity contribution is -0.136. The van der Waals surface area contributed by atoms with Gasteiger partial charge in [0, 0.05) is 50.6 Å². The van der Waals surface area contributed by atoms with E-state index >= 15 is 0 Å². The van der Waals surface area contributed by atoms with Crippen LogP contribution in [0.5, 0.6) is 5.75 Å². The van der Waals surface area contributed by atoms with Gasteiger partial charge in [0.25, 0.3) is 0 Å². The number of ether oxygens (including phenoxy) is 1. The van der Waals surface area contributed by atoms with E-state index in [4.69, 9.17) is 4.74 Å². The lowest BCUT2D eigenvalue weighted by atomic mass is 9.83. The Morgan fingerprint density at radius 2 is 1.59 bits per heavy atom. The molecule has 1 saturated heterocycles. The Labute approximate surface area is 244 Å². The number of fused-ring (bicyclic) bond motifs is 1. The molecule has 212 valence electrons. The van der Waals surface area contributed by atoms with Crippen LogP contribution in [0.3, 0.4) is 0 Å². The van der Waals surface area contributed by atoms with Crippen LogP contribution < -0.4 is 4.74 Å². The average molecular weight is 548 g/mol. The van der Waals surface area contributed by atoms with Crippen molar-refractivity contribution in [1.82, 2.24) is 14.8 Å². The molecule has 2 aliphatic rings. The molecule has 6 rings (SSSR count). The summed E-state index contributed by atoms with van der Waals surface area (Å²) in [5.74, 6) is 1.70. The molecule has 1 aliphatic heterocycles. The van der Waals surface area contributed by atoms with Crippen molar-refractivity contribution in [3.8, 4) is 5.75 Å². The normalized spacial score (nSPS) is 17.3. The Hall–Kier alpha value is -3.70. The number of aromatic nitrogens is 1. The van der Waals surface area contributed by atoms with E-state index in [9.17, 15) is 4.79 Å². The van der Waals surface area contributed by atoms with Crippen LogP contribution in [-0.2, 0) is 17.9 Å². The van der Waals surface area contributed by atoms with Gasteiger partial charge in [-0.25, -0.2) is 0 Å². The van der Waals surface area contributed by atoms with Crippen LogP contribution in [0.15, 0.2) is 91.1 Å². The number of hydrogen-bond donors (Lipinski definition) is 0.